The monoisotopic (exact) mass is 203 g/mol. The summed E-state index contributed by atoms with van der Waals surface area (Å²) >= 11 is 0. The molecule has 3 nitrogen and oxygen atoms in total. The molecule has 0 N–H and O–H groups in total. The normalized spacial score (nSPS) is 10.9. The summed E-state index contributed by atoms with van der Waals surface area (Å²) in [5.74, 6) is 1.04. The van der Waals surface area contributed by atoms with Crippen LogP contribution < -0.4 is 4.90 Å². The maximum atomic E-state index is 4.62. The third kappa shape index (κ3) is 1.69. The minimum Gasteiger partial charge on any atom is -0.345 e. The van der Waals surface area contributed by atoms with Crippen molar-refractivity contribution in [2.45, 2.75) is 13.3 Å². The molecule has 2 rings (SSSR count). The SMILES string of the molecule is CCCN(C)c1nc2ccccc2n1C. The molecule has 15 heavy (non-hydrogen) atoms. The van der Waals surface area contributed by atoms with Gasteiger partial charge in [-0.2, -0.15) is 0 Å². The summed E-state index contributed by atoms with van der Waals surface area (Å²) in [6.45, 7) is 3.22. The van der Waals surface area contributed by atoms with Gasteiger partial charge in [-0.05, 0) is 18.6 Å². The van der Waals surface area contributed by atoms with E-state index in [1.54, 1.807) is 0 Å². The standard InChI is InChI=1S/C12H17N3/c1-4-9-14(2)12-13-10-7-5-6-8-11(10)15(12)3/h5-8H,4,9H2,1-3H3. The van der Waals surface area contributed by atoms with Crippen molar-refractivity contribution < 1.29 is 0 Å². The second-order valence-electron chi connectivity index (χ2n) is 3.88. The van der Waals surface area contributed by atoms with E-state index in [1.807, 2.05) is 12.1 Å². The van der Waals surface area contributed by atoms with Crippen LogP contribution in [0.25, 0.3) is 11.0 Å². The molecule has 0 spiro atoms. The van der Waals surface area contributed by atoms with E-state index in [0.29, 0.717) is 0 Å². The van der Waals surface area contributed by atoms with Crippen LogP contribution in [0.1, 0.15) is 13.3 Å². The van der Waals surface area contributed by atoms with Crippen LogP contribution in [-0.2, 0) is 7.05 Å². The quantitative estimate of drug-likeness (QED) is 0.764. The molecule has 0 aliphatic heterocycles. The number of hydrogen-bond donors (Lipinski definition) is 0. The van der Waals surface area contributed by atoms with Gasteiger partial charge in [0.25, 0.3) is 0 Å². The van der Waals surface area contributed by atoms with Crippen LogP contribution in [0.15, 0.2) is 24.3 Å². The van der Waals surface area contributed by atoms with Crippen LogP contribution in [0, 0.1) is 0 Å². The third-order valence-electron chi connectivity index (χ3n) is 2.66. The first-order chi connectivity index (χ1) is 7.24. The average Bonchev–Trinajstić information content (AvgIpc) is 2.57. The summed E-state index contributed by atoms with van der Waals surface area (Å²) in [7, 11) is 4.15. The number of rotatable bonds is 3. The van der Waals surface area contributed by atoms with Gasteiger partial charge >= 0.3 is 0 Å². The molecule has 1 heterocycles. The van der Waals surface area contributed by atoms with Crippen LogP contribution in [-0.4, -0.2) is 23.1 Å². The predicted molar refractivity (Wildman–Crippen MR) is 64.3 cm³/mol. The smallest absolute Gasteiger partial charge is 0.206 e. The summed E-state index contributed by atoms with van der Waals surface area (Å²) in [6, 6.07) is 8.23. The van der Waals surface area contributed by atoms with Crippen molar-refractivity contribution in [3.8, 4) is 0 Å². The van der Waals surface area contributed by atoms with E-state index in [2.05, 4.69) is 47.6 Å². The second-order valence-corrected chi connectivity index (χ2v) is 3.88. The van der Waals surface area contributed by atoms with Crippen LogP contribution in [0.5, 0.6) is 0 Å². The van der Waals surface area contributed by atoms with Gasteiger partial charge in [-0.1, -0.05) is 19.1 Å². The molecule has 0 fully saturated rings. The van der Waals surface area contributed by atoms with Crippen molar-refractivity contribution in [2.75, 3.05) is 18.5 Å². The number of imidazole rings is 1. The average molecular weight is 203 g/mol. The Bertz CT molecular complexity index is 459. The molecule has 0 unspecified atom stereocenters. The van der Waals surface area contributed by atoms with E-state index in [9.17, 15) is 0 Å². The molecule has 0 radical (unpaired) electrons. The van der Waals surface area contributed by atoms with E-state index in [4.69, 9.17) is 0 Å². The van der Waals surface area contributed by atoms with Gasteiger partial charge in [0.15, 0.2) is 0 Å². The van der Waals surface area contributed by atoms with Crippen molar-refractivity contribution in [1.29, 1.82) is 0 Å². The number of aryl methyl sites for hydroxylation is 1. The summed E-state index contributed by atoms with van der Waals surface area (Å²) in [5, 5.41) is 0. The Kier molecular flexibility index (Phi) is 2.62. The highest BCUT2D eigenvalue weighted by Crippen LogP contribution is 2.19. The van der Waals surface area contributed by atoms with E-state index in [0.717, 1.165) is 24.4 Å². The lowest BCUT2D eigenvalue weighted by Crippen LogP contribution is -2.21. The van der Waals surface area contributed by atoms with Crippen molar-refractivity contribution in [3.63, 3.8) is 0 Å². The van der Waals surface area contributed by atoms with Crippen molar-refractivity contribution in [3.05, 3.63) is 24.3 Å². The highest BCUT2D eigenvalue weighted by atomic mass is 15.3. The first-order valence-corrected chi connectivity index (χ1v) is 5.36. The third-order valence-corrected chi connectivity index (χ3v) is 2.66. The van der Waals surface area contributed by atoms with E-state index in [1.165, 1.54) is 5.52 Å². The Morgan fingerprint density at radius 2 is 2.07 bits per heavy atom. The zero-order valence-electron chi connectivity index (χ0n) is 9.57. The van der Waals surface area contributed by atoms with Gasteiger partial charge in [0.05, 0.1) is 11.0 Å². The first-order valence-electron chi connectivity index (χ1n) is 5.36. The number of nitrogens with zero attached hydrogens (tertiary/aromatic N) is 3. The van der Waals surface area contributed by atoms with Gasteiger partial charge in [0.2, 0.25) is 5.95 Å². The van der Waals surface area contributed by atoms with Gasteiger partial charge in [-0.25, -0.2) is 4.98 Å². The highest BCUT2D eigenvalue weighted by molar-refractivity contribution is 5.78. The van der Waals surface area contributed by atoms with Crippen LogP contribution in [0.2, 0.25) is 0 Å². The number of benzene rings is 1. The highest BCUT2D eigenvalue weighted by Gasteiger charge is 2.09. The predicted octanol–water partition coefficient (Wildman–Crippen LogP) is 2.42. The van der Waals surface area contributed by atoms with Crippen molar-refractivity contribution in [2.24, 2.45) is 7.05 Å². The molecule has 80 valence electrons. The maximum Gasteiger partial charge on any atom is 0.206 e. The van der Waals surface area contributed by atoms with Gasteiger partial charge < -0.3 is 9.47 Å². The molecule has 2 aromatic rings. The van der Waals surface area contributed by atoms with Crippen LogP contribution in [0.3, 0.4) is 0 Å². The summed E-state index contributed by atoms with van der Waals surface area (Å²) in [4.78, 5) is 6.81. The lowest BCUT2D eigenvalue weighted by Gasteiger charge is -2.16. The zero-order valence-corrected chi connectivity index (χ0v) is 9.57. The molecular weight excluding hydrogens is 186 g/mol. The number of para-hydroxylation sites is 2. The van der Waals surface area contributed by atoms with Gasteiger partial charge in [0, 0.05) is 20.6 Å². The fourth-order valence-corrected chi connectivity index (χ4v) is 1.91. The van der Waals surface area contributed by atoms with Crippen molar-refractivity contribution >= 4 is 17.0 Å². The molecule has 0 saturated carbocycles. The summed E-state index contributed by atoms with van der Waals surface area (Å²) in [5.41, 5.74) is 2.26. The molecule has 1 aromatic carbocycles. The van der Waals surface area contributed by atoms with Gasteiger partial charge in [-0.3, -0.25) is 0 Å². The van der Waals surface area contributed by atoms with Crippen LogP contribution >= 0.6 is 0 Å². The van der Waals surface area contributed by atoms with Gasteiger partial charge in [0.1, 0.15) is 0 Å². The lowest BCUT2D eigenvalue weighted by molar-refractivity contribution is 0.789. The lowest BCUT2D eigenvalue weighted by atomic mass is 10.3. The van der Waals surface area contributed by atoms with E-state index >= 15 is 0 Å². The summed E-state index contributed by atoms with van der Waals surface area (Å²) < 4.78 is 2.14. The molecule has 0 aliphatic carbocycles. The number of hydrogen-bond acceptors (Lipinski definition) is 2. The first kappa shape index (κ1) is 10.0. The molecule has 0 bridgehead atoms. The van der Waals surface area contributed by atoms with Crippen molar-refractivity contribution in [1.82, 2.24) is 9.55 Å². The molecule has 1 aromatic heterocycles. The Balaban J connectivity index is 2.48. The Labute approximate surface area is 90.3 Å². The van der Waals surface area contributed by atoms with Crippen LogP contribution in [0.4, 0.5) is 5.95 Å². The Hall–Kier alpha value is -1.51. The minimum absolute atomic E-state index is 1.04. The molecule has 0 aliphatic rings. The van der Waals surface area contributed by atoms with E-state index in [-0.39, 0.29) is 0 Å². The number of anilines is 1. The maximum absolute atomic E-state index is 4.62. The van der Waals surface area contributed by atoms with Gasteiger partial charge in [-0.15, -0.1) is 0 Å². The van der Waals surface area contributed by atoms with E-state index < -0.39 is 0 Å². The zero-order chi connectivity index (χ0) is 10.8. The minimum atomic E-state index is 1.04. The second kappa shape index (κ2) is 3.93. The topological polar surface area (TPSA) is 21.1 Å². The molecule has 3 heteroatoms. The fourth-order valence-electron chi connectivity index (χ4n) is 1.91. The Morgan fingerprint density at radius 3 is 2.73 bits per heavy atom. The molecular formula is C12H17N3. The largest absolute Gasteiger partial charge is 0.345 e. The molecule has 0 saturated heterocycles. The molecule has 0 atom stereocenters. The summed E-state index contributed by atoms with van der Waals surface area (Å²) in [6.07, 6.45) is 1.14. The number of fused-ring (bicyclic) bond motifs is 1. The molecule has 0 amide bonds. The fraction of sp³-hybridized carbons (Fsp3) is 0.417. The Morgan fingerprint density at radius 1 is 1.33 bits per heavy atom. The number of aromatic nitrogens is 2.